The van der Waals surface area contributed by atoms with Crippen LogP contribution >= 0.6 is 34.2 Å². The Bertz CT molecular complexity index is 461. The molecular formula is C11H9ClFIO2. The first-order valence-corrected chi connectivity index (χ1v) is 6.18. The number of rotatable bonds is 2. The Morgan fingerprint density at radius 2 is 2.25 bits per heavy atom. The number of carboxylic acids is 1. The van der Waals surface area contributed by atoms with Crippen molar-refractivity contribution in [2.75, 3.05) is 0 Å². The van der Waals surface area contributed by atoms with E-state index in [0.717, 1.165) is 5.56 Å². The van der Waals surface area contributed by atoms with Crippen molar-refractivity contribution in [1.29, 1.82) is 0 Å². The van der Waals surface area contributed by atoms with Crippen LogP contribution in [0.4, 0.5) is 4.39 Å². The van der Waals surface area contributed by atoms with Crippen molar-refractivity contribution in [2.45, 2.75) is 17.7 Å². The third-order valence-corrected chi connectivity index (χ3v) is 4.31. The Labute approximate surface area is 111 Å². The van der Waals surface area contributed by atoms with Crippen molar-refractivity contribution in [1.82, 2.24) is 0 Å². The van der Waals surface area contributed by atoms with E-state index in [1.54, 1.807) is 19.1 Å². The van der Waals surface area contributed by atoms with Gasteiger partial charge < -0.3 is 5.11 Å². The number of benzene rings is 1. The van der Waals surface area contributed by atoms with Crippen molar-refractivity contribution in [3.8, 4) is 0 Å². The molecule has 0 amide bonds. The van der Waals surface area contributed by atoms with Crippen molar-refractivity contribution >= 4 is 40.2 Å². The molecule has 1 fully saturated rings. The summed E-state index contributed by atoms with van der Waals surface area (Å²) in [6, 6.07) is 4.61. The van der Waals surface area contributed by atoms with Crippen LogP contribution < -0.4 is 0 Å². The summed E-state index contributed by atoms with van der Waals surface area (Å²) in [6.07, 6.45) is 0. The van der Waals surface area contributed by atoms with Crippen LogP contribution in [0.2, 0.25) is 0 Å². The molecule has 0 aromatic heterocycles. The van der Waals surface area contributed by atoms with Crippen LogP contribution in [-0.2, 0) is 4.79 Å². The highest BCUT2D eigenvalue weighted by Crippen LogP contribution is 2.62. The molecule has 16 heavy (non-hydrogen) atoms. The van der Waals surface area contributed by atoms with Gasteiger partial charge in [0.2, 0.25) is 0 Å². The second kappa shape index (κ2) is 3.84. The standard InChI is InChI=1S/C11H9ClFIO2/c1-11(12)8(9(11)10(15)16)5-2-3-6(13)7(14)4-5/h2-4,8-9H,1H3,(H,15,16). The van der Waals surface area contributed by atoms with Crippen molar-refractivity contribution in [3.05, 3.63) is 33.1 Å². The van der Waals surface area contributed by atoms with Crippen LogP contribution in [0.3, 0.4) is 0 Å². The zero-order chi connectivity index (χ0) is 12.1. The summed E-state index contributed by atoms with van der Waals surface area (Å²) >= 11 is 8.00. The average Bonchev–Trinajstić information content (AvgIpc) is 2.74. The summed E-state index contributed by atoms with van der Waals surface area (Å²) in [5, 5.41) is 8.98. The summed E-state index contributed by atoms with van der Waals surface area (Å²) in [7, 11) is 0. The Kier molecular flexibility index (Phi) is 2.90. The molecule has 1 N–H and O–H groups in total. The maximum absolute atomic E-state index is 13.1. The van der Waals surface area contributed by atoms with Gasteiger partial charge in [-0.2, -0.15) is 0 Å². The van der Waals surface area contributed by atoms with Crippen LogP contribution in [0.5, 0.6) is 0 Å². The van der Waals surface area contributed by atoms with Crippen LogP contribution in [0.1, 0.15) is 18.4 Å². The average molecular weight is 355 g/mol. The topological polar surface area (TPSA) is 37.3 Å². The minimum absolute atomic E-state index is 0.235. The summed E-state index contributed by atoms with van der Waals surface area (Å²) in [5.74, 6) is -2.02. The molecule has 0 aliphatic heterocycles. The fourth-order valence-corrected chi connectivity index (χ4v) is 3.04. The molecule has 86 valence electrons. The van der Waals surface area contributed by atoms with Crippen molar-refractivity contribution in [2.24, 2.45) is 5.92 Å². The van der Waals surface area contributed by atoms with E-state index in [1.807, 2.05) is 22.6 Å². The summed E-state index contributed by atoms with van der Waals surface area (Å²) in [4.78, 5) is 10.2. The molecule has 0 spiro atoms. The minimum Gasteiger partial charge on any atom is -0.481 e. The zero-order valence-electron chi connectivity index (χ0n) is 8.38. The Balaban J connectivity index is 2.33. The molecule has 3 atom stereocenters. The lowest BCUT2D eigenvalue weighted by Crippen LogP contribution is -2.05. The van der Waals surface area contributed by atoms with Gasteiger partial charge in [0.15, 0.2) is 0 Å². The maximum Gasteiger partial charge on any atom is 0.308 e. The zero-order valence-corrected chi connectivity index (χ0v) is 11.3. The number of hydrogen-bond donors (Lipinski definition) is 1. The van der Waals surface area contributed by atoms with Gasteiger partial charge in [-0.3, -0.25) is 4.79 Å². The highest BCUT2D eigenvalue weighted by Gasteiger charge is 2.65. The lowest BCUT2D eigenvalue weighted by atomic mass is 10.1. The van der Waals surface area contributed by atoms with Gasteiger partial charge in [0.1, 0.15) is 5.82 Å². The predicted octanol–water partition coefficient (Wildman–Crippen LogP) is 3.23. The molecule has 1 aromatic rings. The van der Waals surface area contributed by atoms with Gasteiger partial charge in [0.25, 0.3) is 0 Å². The molecular weight excluding hydrogens is 345 g/mol. The Morgan fingerprint density at radius 3 is 2.69 bits per heavy atom. The van der Waals surface area contributed by atoms with E-state index in [4.69, 9.17) is 16.7 Å². The second-order valence-corrected chi connectivity index (χ2v) is 6.09. The first kappa shape index (κ1) is 12.1. The van der Waals surface area contributed by atoms with Gasteiger partial charge in [-0.05, 0) is 47.2 Å². The van der Waals surface area contributed by atoms with Crippen LogP contribution in [0.15, 0.2) is 18.2 Å². The van der Waals surface area contributed by atoms with E-state index in [9.17, 15) is 9.18 Å². The smallest absolute Gasteiger partial charge is 0.308 e. The van der Waals surface area contributed by atoms with Gasteiger partial charge in [-0.25, -0.2) is 4.39 Å². The van der Waals surface area contributed by atoms with Crippen LogP contribution in [0, 0.1) is 15.3 Å². The van der Waals surface area contributed by atoms with E-state index >= 15 is 0 Å². The highest BCUT2D eigenvalue weighted by atomic mass is 127. The van der Waals surface area contributed by atoms with E-state index in [1.165, 1.54) is 6.07 Å². The van der Waals surface area contributed by atoms with E-state index < -0.39 is 16.8 Å². The number of alkyl halides is 1. The minimum atomic E-state index is -0.901. The molecule has 0 bridgehead atoms. The SMILES string of the molecule is CC1(Cl)C(C(=O)O)C1c1ccc(F)c(I)c1. The first-order valence-electron chi connectivity index (χ1n) is 4.72. The predicted molar refractivity (Wildman–Crippen MR) is 67.2 cm³/mol. The summed E-state index contributed by atoms with van der Waals surface area (Å²) in [5.41, 5.74) is 0.788. The van der Waals surface area contributed by atoms with Gasteiger partial charge in [-0.1, -0.05) is 6.07 Å². The molecule has 1 aliphatic carbocycles. The second-order valence-electron chi connectivity index (χ2n) is 4.12. The fourth-order valence-electron chi connectivity index (χ4n) is 2.09. The maximum atomic E-state index is 13.1. The molecule has 0 saturated heterocycles. The van der Waals surface area contributed by atoms with Crippen LogP contribution in [-0.4, -0.2) is 16.0 Å². The largest absolute Gasteiger partial charge is 0.481 e. The Hall–Kier alpha value is -0.360. The molecule has 1 saturated carbocycles. The Morgan fingerprint density at radius 1 is 1.62 bits per heavy atom. The van der Waals surface area contributed by atoms with E-state index in [-0.39, 0.29) is 11.7 Å². The fraction of sp³-hybridized carbons (Fsp3) is 0.364. The molecule has 2 nitrogen and oxygen atoms in total. The molecule has 0 radical (unpaired) electrons. The van der Waals surface area contributed by atoms with Crippen molar-refractivity contribution < 1.29 is 14.3 Å². The lowest BCUT2D eigenvalue weighted by molar-refractivity contribution is -0.138. The molecule has 3 unspecified atom stereocenters. The third kappa shape index (κ3) is 1.82. The van der Waals surface area contributed by atoms with Gasteiger partial charge >= 0.3 is 5.97 Å². The van der Waals surface area contributed by atoms with Gasteiger partial charge in [-0.15, -0.1) is 11.6 Å². The lowest BCUT2D eigenvalue weighted by Gasteiger charge is -2.02. The number of hydrogen-bond acceptors (Lipinski definition) is 1. The van der Waals surface area contributed by atoms with Crippen LogP contribution in [0.25, 0.3) is 0 Å². The van der Waals surface area contributed by atoms with E-state index in [0.29, 0.717) is 3.57 Å². The summed E-state index contributed by atoms with van der Waals surface area (Å²) in [6.45, 7) is 1.70. The monoisotopic (exact) mass is 354 g/mol. The number of aliphatic carboxylic acids is 1. The highest BCUT2D eigenvalue weighted by molar-refractivity contribution is 14.1. The molecule has 1 aliphatic rings. The third-order valence-electron chi connectivity index (χ3n) is 3.01. The molecule has 2 rings (SSSR count). The molecule has 0 heterocycles. The molecule has 1 aromatic carbocycles. The summed E-state index contributed by atoms with van der Waals surface area (Å²) < 4.78 is 13.6. The number of halogens is 3. The van der Waals surface area contributed by atoms with Crippen molar-refractivity contribution in [3.63, 3.8) is 0 Å². The quantitative estimate of drug-likeness (QED) is 0.654. The van der Waals surface area contributed by atoms with E-state index in [2.05, 4.69) is 0 Å². The number of carboxylic acid groups (broad SMARTS) is 1. The van der Waals surface area contributed by atoms with Gasteiger partial charge in [0, 0.05) is 9.49 Å². The van der Waals surface area contributed by atoms with Gasteiger partial charge in [0.05, 0.1) is 10.8 Å². The first-order chi connectivity index (χ1) is 7.35. The molecule has 5 heteroatoms. The number of carbonyl (C=O) groups is 1. The normalized spacial score (nSPS) is 32.5.